The molecule has 2 aromatic heterocycles. The van der Waals surface area contributed by atoms with Gasteiger partial charge in [0.1, 0.15) is 0 Å². The highest BCUT2D eigenvalue weighted by atomic mass is 15.0. The van der Waals surface area contributed by atoms with E-state index in [0.717, 1.165) is 12.8 Å². The highest BCUT2D eigenvalue weighted by molar-refractivity contribution is 6.15. The summed E-state index contributed by atoms with van der Waals surface area (Å²) in [6.07, 6.45) is 9.00. The quantitative estimate of drug-likeness (QED) is 0.167. The van der Waals surface area contributed by atoms with Crippen molar-refractivity contribution in [1.82, 2.24) is 9.13 Å². The zero-order valence-electron chi connectivity index (χ0n) is 31.4. The van der Waals surface area contributed by atoms with Crippen molar-refractivity contribution in [2.75, 3.05) is 0 Å². The van der Waals surface area contributed by atoms with Gasteiger partial charge in [0.15, 0.2) is 0 Å². The van der Waals surface area contributed by atoms with Crippen molar-refractivity contribution >= 4 is 43.6 Å². The highest BCUT2D eigenvalue weighted by Gasteiger charge is 2.47. The number of hydrogen-bond acceptors (Lipinski definition) is 0. The molecular formula is C55H38N2. The Morgan fingerprint density at radius 2 is 1.04 bits per heavy atom. The van der Waals surface area contributed by atoms with Crippen LogP contribution in [0.1, 0.15) is 29.5 Å². The van der Waals surface area contributed by atoms with Crippen LogP contribution in [-0.2, 0) is 5.41 Å². The third-order valence-electron chi connectivity index (χ3n) is 12.6. The van der Waals surface area contributed by atoms with Crippen LogP contribution in [0.3, 0.4) is 0 Å². The molecule has 0 saturated carbocycles. The number of aromatic nitrogens is 2. The van der Waals surface area contributed by atoms with Gasteiger partial charge in [-0.25, -0.2) is 0 Å². The lowest BCUT2D eigenvalue weighted by atomic mass is 9.61. The van der Waals surface area contributed by atoms with Gasteiger partial charge in [-0.2, -0.15) is 0 Å². The summed E-state index contributed by atoms with van der Waals surface area (Å²) in [5.74, 6) is 0. The zero-order chi connectivity index (χ0) is 37.5. The largest absolute Gasteiger partial charge is 0.309 e. The van der Waals surface area contributed by atoms with Gasteiger partial charge >= 0.3 is 0 Å². The molecular weight excluding hydrogens is 689 g/mol. The molecule has 0 radical (unpaired) electrons. The fourth-order valence-corrected chi connectivity index (χ4v) is 10.2. The minimum absolute atomic E-state index is 0.564. The van der Waals surface area contributed by atoms with E-state index < -0.39 is 5.41 Å². The molecule has 2 nitrogen and oxygen atoms in total. The molecule has 1 aliphatic heterocycles. The van der Waals surface area contributed by atoms with E-state index in [4.69, 9.17) is 0 Å². The van der Waals surface area contributed by atoms with Crippen LogP contribution in [0.15, 0.2) is 212 Å². The molecule has 0 amide bonds. The fourth-order valence-electron chi connectivity index (χ4n) is 10.2. The van der Waals surface area contributed by atoms with Crippen LogP contribution in [0, 0.1) is 0 Å². The van der Waals surface area contributed by atoms with E-state index in [9.17, 15) is 0 Å². The van der Waals surface area contributed by atoms with Crippen LogP contribution in [0.5, 0.6) is 0 Å². The predicted molar refractivity (Wildman–Crippen MR) is 239 cm³/mol. The lowest BCUT2D eigenvalue weighted by Gasteiger charge is -2.44. The number of rotatable bonds is 5. The molecule has 2 heteroatoms. The summed E-state index contributed by atoms with van der Waals surface area (Å²) < 4.78 is 5.05. The second kappa shape index (κ2) is 12.4. The second-order valence-corrected chi connectivity index (χ2v) is 15.6. The smallest absolute Gasteiger partial charge is 0.0706 e. The van der Waals surface area contributed by atoms with E-state index in [-0.39, 0.29) is 0 Å². The zero-order valence-corrected chi connectivity index (χ0v) is 31.4. The molecule has 1 unspecified atom stereocenters. The van der Waals surface area contributed by atoms with Crippen LogP contribution in [0.4, 0.5) is 0 Å². The molecule has 12 rings (SSSR count). The molecule has 0 N–H and O–H groups in total. The Bertz CT molecular complexity index is 3220. The summed E-state index contributed by atoms with van der Waals surface area (Å²) >= 11 is 0. The van der Waals surface area contributed by atoms with E-state index in [0.29, 0.717) is 0 Å². The number of nitrogens with zero attached hydrogens (tertiary/aromatic N) is 2. The summed E-state index contributed by atoms with van der Waals surface area (Å²) in [5.41, 5.74) is 17.0. The van der Waals surface area contributed by atoms with Gasteiger partial charge in [0.2, 0.25) is 0 Å². The van der Waals surface area contributed by atoms with Gasteiger partial charge in [0.05, 0.1) is 33.2 Å². The third-order valence-corrected chi connectivity index (χ3v) is 12.6. The first kappa shape index (κ1) is 32.1. The molecule has 268 valence electrons. The SMILES string of the molecule is C1=CCCC(C2(c3ccccc3)c3cc(-n4c5ccccc5c5ccccc54)ccc3-n3c4ccc(-c5ccccc5)cc4c4cc(-c5ccccc5)cc2c43)=C1. The summed E-state index contributed by atoms with van der Waals surface area (Å²) in [5, 5.41) is 5.09. The van der Waals surface area contributed by atoms with E-state index in [1.54, 1.807) is 0 Å². The molecule has 0 saturated heterocycles. The number of benzene rings is 8. The van der Waals surface area contributed by atoms with Gasteiger partial charge in [-0.3, -0.25) is 0 Å². The van der Waals surface area contributed by atoms with Crippen molar-refractivity contribution in [2.45, 2.75) is 18.3 Å². The Morgan fingerprint density at radius 1 is 0.421 bits per heavy atom. The minimum Gasteiger partial charge on any atom is -0.309 e. The van der Waals surface area contributed by atoms with Crippen molar-refractivity contribution in [3.05, 3.63) is 229 Å². The van der Waals surface area contributed by atoms with Gasteiger partial charge < -0.3 is 9.13 Å². The lowest BCUT2D eigenvalue weighted by molar-refractivity contribution is 0.665. The van der Waals surface area contributed by atoms with Gasteiger partial charge in [0, 0.05) is 27.2 Å². The maximum Gasteiger partial charge on any atom is 0.0706 e. The van der Waals surface area contributed by atoms with Crippen LogP contribution >= 0.6 is 0 Å². The molecule has 2 aliphatic rings. The molecule has 3 heterocycles. The molecule has 0 fully saturated rings. The monoisotopic (exact) mass is 726 g/mol. The molecule has 1 atom stereocenters. The first-order chi connectivity index (χ1) is 28.3. The Hall–Kier alpha value is -7.16. The van der Waals surface area contributed by atoms with E-state index >= 15 is 0 Å². The van der Waals surface area contributed by atoms with Gasteiger partial charge in [-0.1, -0.05) is 157 Å². The van der Waals surface area contributed by atoms with Crippen molar-refractivity contribution in [3.63, 3.8) is 0 Å². The van der Waals surface area contributed by atoms with E-state index in [1.807, 2.05) is 0 Å². The fraction of sp³-hybridized carbons (Fsp3) is 0.0545. The number of allylic oxidation sites excluding steroid dienone is 4. The summed E-state index contributed by atoms with van der Waals surface area (Å²) in [6.45, 7) is 0. The maximum atomic E-state index is 2.58. The first-order valence-electron chi connectivity index (χ1n) is 20.1. The summed E-state index contributed by atoms with van der Waals surface area (Å²) in [6, 6.07) is 70.1. The minimum atomic E-state index is -0.564. The maximum absolute atomic E-state index is 2.58. The molecule has 57 heavy (non-hydrogen) atoms. The van der Waals surface area contributed by atoms with Crippen molar-refractivity contribution in [3.8, 4) is 33.6 Å². The molecule has 1 aliphatic carbocycles. The molecule has 8 aromatic carbocycles. The first-order valence-corrected chi connectivity index (χ1v) is 20.1. The standard InChI is InChI=1S/C55H38N2/c1-5-17-37(18-6-1)39-29-31-52-46(33-39)47-34-40(38-19-7-2-8-20-38)35-49-54(47)57(52)53-32-30-43(56-50-27-15-13-25-44(50)45-26-14-16-28-51(45)56)36-48(53)55(49,41-21-9-3-10-22-41)42-23-11-4-12-24-42/h1-11,13-23,25-36H,12,24H2. The topological polar surface area (TPSA) is 9.86 Å². The summed E-state index contributed by atoms with van der Waals surface area (Å²) in [7, 11) is 0. The molecule has 10 aromatic rings. The summed E-state index contributed by atoms with van der Waals surface area (Å²) in [4.78, 5) is 0. The Kier molecular flexibility index (Phi) is 7.00. The number of hydrogen-bond donors (Lipinski definition) is 0. The van der Waals surface area contributed by atoms with Gasteiger partial charge in [-0.05, 0) is 106 Å². The average Bonchev–Trinajstić information content (AvgIpc) is 3.81. The van der Waals surface area contributed by atoms with Crippen molar-refractivity contribution < 1.29 is 0 Å². The number of para-hydroxylation sites is 2. The van der Waals surface area contributed by atoms with Crippen molar-refractivity contribution in [1.29, 1.82) is 0 Å². The molecule has 0 bridgehead atoms. The van der Waals surface area contributed by atoms with Crippen LogP contribution in [0.25, 0.3) is 77.2 Å². The van der Waals surface area contributed by atoms with Gasteiger partial charge in [0.25, 0.3) is 0 Å². The predicted octanol–water partition coefficient (Wildman–Crippen LogP) is 14.1. The normalized spacial score (nSPS) is 16.0. The lowest BCUT2D eigenvalue weighted by Crippen LogP contribution is -2.36. The van der Waals surface area contributed by atoms with Crippen LogP contribution in [-0.4, -0.2) is 9.13 Å². The Morgan fingerprint density at radius 3 is 1.72 bits per heavy atom. The van der Waals surface area contributed by atoms with Crippen LogP contribution in [0.2, 0.25) is 0 Å². The van der Waals surface area contributed by atoms with E-state index in [2.05, 4.69) is 215 Å². The third kappa shape index (κ3) is 4.59. The Labute approximate surface area is 331 Å². The van der Waals surface area contributed by atoms with Gasteiger partial charge in [-0.15, -0.1) is 0 Å². The van der Waals surface area contributed by atoms with Crippen LogP contribution < -0.4 is 0 Å². The second-order valence-electron chi connectivity index (χ2n) is 15.6. The van der Waals surface area contributed by atoms with E-state index in [1.165, 1.54) is 99.5 Å². The van der Waals surface area contributed by atoms with Crippen molar-refractivity contribution in [2.24, 2.45) is 0 Å². The highest BCUT2D eigenvalue weighted by Crippen LogP contribution is 2.57. The Balaban J connectivity index is 1.27. The average molecular weight is 727 g/mol. The number of fused-ring (bicyclic) bond motifs is 8. The molecule has 0 spiro atoms.